The normalized spacial score (nSPS) is 21.9. The predicted molar refractivity (Wildman–Crippen MR) is 136 cm³/mol. The number of ether oxygens (including phenoxy) is 3. The third-order valence-corrected chi connectivity index (χ3v) is 6.54. The minimum atomic E-state index is -0.0342. The van der Waals surface area contributed by atoms with Crippen molar-refractivity contribution in [1.82, 2.24) is 0 Å². The molecule has 1 fully saturated rings. The third kappa shape index (κ3) is 10.8. The minimum absolute atomic E-state index is 0.0342. The lowest BCUT2D eigenvalue weighted by Gasteiger charge is -2.28. The van der Waals surface area contributed by atoms with Crippen molar-refractivity contribution in [3.63, 3.8) is 0 Å². The van der Waals surface area contributed by atoms with E-state index in [1.807, 2.05) is 12.1 Å². The van der Waals surface area contributed by atoms with Crippen molar-refractivity contribution >= 4 is 5.97 Å². The average molecular weight is 467 g/mol. The summed E-state index contributed by atoms with van der Waals surface area (Å²) in [5.41, 5.74) is 2.41. The van der Waals surface area contributed by atoms with E-state index in [0.29, 0.717) is 26.2 Å². The zero-order valence-corrected chi connectivity index (χ0v) is 20.7. The second-order valence-corrected chi connectivity index (χ2v) is 9.40. The van der Waals surface area contributed by atoms with E-state index in [9.17, 15) is 4.79 Å². The summed E-state index contributed by atoms with van der Waals surface area (Å²) in [6, 6.07) is 20.9. The topological polar surface area (TPSA) is 44.8 Å². The maximum atomic E-state index is 11.8. The van der Waals surface area contributed by atoms with E-state index < -0.39 is 0 Å². The van der Waals surface area contributed by atoms with Gasteiger partial charge in [0.1, 0.15) is 0 Å². The van der Waals surface area contributed by atoms with Crippen LogP contribution in [0.4, 0.5) is 0 Å². The Labute approximate surface area is 206 Å². The molecule has 1 unspecified atom stereocenters. The molecule has 34 heavy (non-hydrogen) atoms. The summed E-state index contributed by atoms with van der Waals surface area (Å²) in [6.45, 7) is 1.79. The van der Waals surface area contributed by atoms with E-state index in [4.69, 9.17) is 14.2 Å². The van der Waals surface area contributed by atoms with Crippen molar-refractivity contribution in [3.8, 4) is 0 Å². The van der Waals surface area contributed by atoms with Gasteiger partial charge in [-0.3, -0.25) is 4.79 Å². The molecule has 3 rings (SSSR count). The molecule has 4 nitrogen and oxygen atoms in total. The first kappa shape index (κ1) is 26.4. The first-order valence-corrected chi connectivity index (χ1v) is 13.3. The summed E-state index contributed by atoms with van der Waals surface area (Å²) in [6.07, 6.45) is 12.4. The van der Waals surface area contributed by atoms with Crippen LogP contribution in [0.2, 0.25) is 0 Å². The molecule has 0 saturated carbocycles. The molecule has 1 aliphatic rings. The van der Waals surface area contributed by atoms with Gasteiger partial charge in [-0.2, -0.15) is 0 Å². The number of esters is 1. The van der Waals surface area contributed by atoms with Crippen molar-refractivity contribution in [2.45, 2.75) is 102 Å². The second-order valence-electron chi connectivity index (χ2n) is 9.40. The van der Waals surface area contributed by atoms with E-state index in [1.165, 1.54) is 11.1 Å². The number of carbonyl (C=O) groups excluding carboxylic acids is 1. The maximum Gasteiger partial charge on any atom is 0.305 e. The average Bonchev–Trinajstić information content (AvgIpc) is 2.87. The summed E-state index contributed by atoms with van der Waals surface area (Å²) in [4.78, 5) is 11.8. The number of hydrogen-bond acceptors (Lipinski definition) is 4. The Hall–Kier alpha value is -2.17. The van der Waals surface area contributed by atoms with Crippen LogP contribution in [0.25, 0.3) is 0 Å². The van der Waals surface area contributed by atoms with Gasteiger partial charge in [-0.25, -0.2) is 0 Å². The molecule has 0 amide bonds. The summed E-state index contributed by atoms with van der Waals surface area (Å²) >= 11 is 0. The smallest absolute Gasteiger partial charge is 0.305 e. The highest BCUT2D eigenvalue weighted by Crippen LogP contribution is 2.22. The molecule has 2 aromatic carbocycles. The Morgan fingerprint density at radius 2 is 1.09 bits per heavy atom. The van der Waals surface area contributed by atoms with Gasteiger partial charge in [0.2, 0.25) is 0 Å². The molecule has 1 aliphatic heterocycles. The lowest BCUT2D eigenvalue weighted by atomic mass is 9.99. The van der Waals surface area contributed by atoms with E-state index >= 15 is 0 Å². The Bertz CT molecular complexity index is 711. The van der Waals surface area contributed by atoms with Gasteiger partial charge >= 0.3 is 5.97 Å². The van der Waals surface area contributed by atoms with E-state index in [0.717, 1.165) is 70.6 Å². The van der Waals surface area contributed by atoms with Crippen LogP contribution in [0.5, 0.6) is 0 Å². The maximum absolute atomic E-state index is 11.8. The molecular formula is C30H42O4. The fraction of sp³-hybridized carbons (Fsp3) is 0.567. The quantitative estimate of drug-likeness (QED) is 0.416. The highest BCUT2D eigenvalue weighted by molar-refractivity contribution is 5.69. The highest BCUT2D eigenvalue weighted by atomic mass is 16.5. The standard InChI is InChI=1S/C30H42O4/c31-30-22-14-3-1-2-12-20-28(33-24-26-16-8-6-9-17-26)29(21-13-4-5-15-23-32-30)34-25-27-18-10-7-11-19-27/h6-11,16-19,28-29H,1-5,12-15,20-25H2/t28?,29-/m0/s1. The van der Waals surface area contributed by atoms with E-state index in [1.54, 1.807) is 0 Å². The number of benzene rings is 2. The van der Waals surface area contributed by atoms with Crippen LogP contribution in [0.1, 0.15) is 88.2 Å². The molecule has 2 aromatic rings. The van der Waals surface area contributed by atoms with Gasteiger partial charge < -0.3 is 14.2 Å². The van der Waals surface area contributed by atoms with Crippen molar-refractivity contribution in [2.24, 2.45) is 0 Å². The van der Waals surface area contributed by atoms with Gasteiger partial charge in [-0.1, -0.05) is 106 Å². The highest BCUT2D eigenvalue weighted by Gasteiger charge is 2.23. The third-order valence-electron chi connectivity index (χ3n) is 6.54. The van der Waals surface area contributed by atoms with E-state index in [-0.39, 0.29) is 18.2 Å². The van der Waals surface area contributed by atoms with Crippen molar-refractivity contribution < 1.29 is 19.0 Å². The van der Waals surface area contributed by atoms with Gasteiger partial charge in [-0.05, 0) is 36.8 Å². The van der Waals surface area contributed by atoms with Gasteiger partial charge in [-0.15, -0.1) is 0 Å². The van der Waals surface area contributed by atoms with Crippen LogP contribution in [0.3, 0.4) is 0 Å². The molecule has 0 bridgehead atoms. The first-order chi connectivity index (χ1) is 16.8. The number of rotatable bonds is 6. The Morgan fingerprint density at radius 1 is 0.618 bits per heavy atom. The largest absolute Gasteiger partial charge is 0.466 e. The van der Waals surface area contributed by atoms with Gasteiger partial charge in [0, 0.05) is 6.42 Å². The molecular weight excluding hydrogens is 424 g/mol. The van der Waals surface area contributed by atoms with Crippen molar-refractivity contribution in [1.29, 1.82) is 0 Å². The summed E-state index contributed by atoms with van der Waals surface area (Å²) in [5.74, 6) is -0.0342. The lowest BCUT2D eigenvalue weighted by molar-refractivity contribution is -0.143. The molecule has 186 valence electrons. The lowest BCUT2D eigenvalue weighted by Crippen LogP contribution is -2.32. The molecule has 0 aromatic heterocycles. The molecule has 0 N–H and O–H groups in total. The fourth-order valence-corrected chi connectivity index (χ4v) is 4.51. The van der Waals surface area contributed by atoms with Crippen LogP contribution in [-0.4, -0.2) is 24.8 Å². The first-order valence-electron chi connectivity index (χ1n) is 13.3. The van der Waals surface area contributed by atoms with E-state index in [2.05, 4.69) is 48.5 Å². The predicted octanol–water partition coefficient (Wildman–Crippen LogP) is 7.40. The van der Waals surface area contributed by atoms with Gasteiger partial charge in [0.25, 0.3) is 0 Å². The molecule has 0 aliphatic carbocycles. The molecule has 1 heterocycles. The van der Waals surface area contributed by atoms with Crippen molar-refractivity contribution in [3.05, 3.63) is 71.8 Å². The zero-order valence-electron chi connectivity index (χ0n) is 20.7. The van der Waals surface area contributed by atoms with Gasteiger partial charge in [0.05, 0.1) is 32.0 Å². The molecule has 0 spiro atoms. The Balaban J connectivity index is 1.62. The Kier molecular flexibility index (Phi) is 12.8. The fourth-order valence-electron chi connectivity index (χ4n) is 4.51. The number of hydrogen-bond donors (Lipinski definition) is 0. The number of carbonyl (C=O) groups is 1. The van der Waals surface area contributed by atoms with Crippen LogP contribution >= 0.6 is 0 Å². The molecule has 4 heteroatoms. The molecule has 1 saturated heterocycles. The summed E-state index contributed by atoms with van der Waals surface area (Å²) in [5, 5.41) is 0. The summed E-state index contributed by atoms with van der Waals surface area (Å²) < 4.78 is 18.4. The molecule has 0 radical (unpaired) electrons. The van der Waals surface area contributed by atoms with Crippen LogP contribution in [-0.2, 0) is 32.2 Å². The number of cyclic esters (lactones) is 1. The SMILES string of the molecule is O=C1CCCCCCCC(OCc2ccccc2)[C@@H](OCc2ccccc2)CCCCCCO1. The van der Waals surface area contributed by atoms with Crippen LogP contribution in [0, 0.1) is 0 Å². The second kappa shape index (κ2) is 16.5. The van der Waals surface area contributed by atoms with Crippen LogP contribution < -0.4 is 0 Å². The van der Waals surface area contributed by atoms with Crippen molar-refractivity contribution in [2.75, 3.05) is 6.61 Å². The summed E-state index contributed by atoms with van der Waals surface area (Å²) in [7, 11) is 0. The van der Waals surface area contributed by atoms with Gasteiger partial charge in [0.15, 0.2) is 0 Å². The zero-order chi connectivity index (χ0) is 23.7. The Morgan fingerprint density at radius 3 is 1.65 bits per heavy atom. The minimum Gasteiger partial charge on any atom is -0.466 e. The molecule has 2 atom stereocenters. The monoisotopic (exact) mass is 466 g/mol. The van der Waals surface area contributed by atoms with Crippen LogP contribution in [0.15, 0.2) is 60.7 Å².